The van der Waals surface area contributed by atoms with Gasteiger partial charge >= 0.3 is 12.0 Å². The van der Waals surface area contributed by atoms with Crippen LogP contribution < -0.4 is 5.32 Å². The highest BCUT2D eigenvalue weighted by atomic mass is 16.4. The molecular weight excluding hydrogens is 308 g/mol. The fourth-order valence-electron chi connectivity index (χ4n) is 2.94. The first-order chi connectivity index (χ1) is 11.6. The number of hydrogen-bond donors (Lipinski definition) is 3. The Balaban J connectivity index is 1.46. The van der Waals surface area contributed by atoms with Gasteiger partial charge in [-0.25, -0.2) is 9.59 Å². The number of likely N-dealkylation sites (tertiary alicyclic amines) is 1. The molecule has 3 rings (SSSR count). The molecule has 0 atom stereocenters. The number of H-pyrrole nitrogens is 1. The molecule has 1 saturated heterocycles. The summed E-state index contributed by atoms with van der Waals surface area (Å²) in [7, 11) is 0. The zero-order valence-corrected chi connectivity index (χ0v) is 13.2. The predicted molar refractivity (Wildman–Crippen MR) is 87.8 cm³/mol. The lowest BCUT2D eigenvalue weighted by Crippen LogP contribution is -2.43. The molecule has 1 aromatic heterocycles. The van der Waals surface area contributed by atoms with Crippen LogP contribution in [0.2, 0.25) is 0 Å². The van der Waals surface area contributed by atoms with Crippen molar-refractivity contribution in [3.05, 3.63) is 53.3 Å². The summed E-state index contributed by atoms with van der Waals surface area (Å²) < 4.78 is 0. The van der Waals surface area contributed by atoms with Gasteiger partial charge in [-0.15, -0.1) is 0 Å². The lowest BCUT2D eigenvalue weighted by atomic mass is 9.94. The molecule has 2 aromatic rings. The molecule has 0 radical (unpaired) electrons. The second kappa shape index (κ2) is 7.16. The zero-order chi connectivity index (χ0) is 16.9. The number of carboxylic acids is 1. The van der Waals surface area contributed by atoms with Crippen LogP contribution in [0.1, 0.15) is 40.4 Å². The van der Waals surface area contributed by atoms with Gasteiger partial charge in [0.25, 0.3) is 0 Å². The molecule has 7 nitrogen and oxygen atoms in total. The molecule has 1 aromatic carbocycles. The van der Waals surface area contributed by atoms with E-state index < -0.39 is 5.97 Å². The van der Waals surface area contributed by atoms with Crippen molar-refractivity contribution < 1.29 is 14.7 Å². The van der Waals surface area contributed by atoms with Gasteiger partial charge in [0.05, 0.1) is 5.56 Å². The number of amides is 2. The largest absolute Gasteiger partial charge is 0.478 e. The van der Waals surface area contributed by atoms with Crippen LogP contribution in [0.4, 0.5) is 4.79 Å². The van der Waals surface area contributed by atoms with Crippen molar-refractivity contribution >= 4 is 12.0 Å². The van der Waals surface area contributed by atoms with Gasteiger partial charge in [0, 0.05) is 37.4 Å². The lowest BCUT2D eigenvalue weighted by molar-refractivity contribution is 0.0697. The van der Waals surface area contributed by atoms with Gasteiger partial charge in [0.1, 0.15) is 0 Å². The van der Waals surface area contributed by atoms with E-state index in [1.807, 2.05) is 11.0 Å². The van der Waals surface area contributed by atoms with E-state index >= 15 is 0 Å². The number of carbonyl (C=O) groups excluding carboxylic acids is 1. The SMILES string of the molecule is O=C(O)c1ccc(CNC(=O)N2CCC(c3ccn[nH]3)CC2)cc1. The summed E-state index contributed by atoms with van der Waals surface area (Å²) in [4.78, 5) is 24.9. The van der Waals surface area contributed by atoms with E-state index in [9.17, 15) is 9.59 Å². The number of aromatic nitrogens is 2. The van der Waals surface area contributed by atoms with Crippen LogP contribution in [0.25, 0.3) is 0 Å². The third-order valence-corrected chi connectivity index (χ3v) is 4.39. The normalized spacial score (nSPS) is 15.2. The number of rotatable bonds is 4. The van der Waals surface area contributed by atoms with Crippen molar-refractivity contribution in [1.29, 1.82) is 0 Å². The van der Waals surface area contributed by atoms with Crippen LogP contribution in [0.15, 0.2) is 36.5 Å². The summed E-state index contributed by atoms with van der Waals surface area (Å²) in [6.45, 7) is 1.82. The standard InChI is InChI=1S/C17H20N4O3/c22-16(23)14-3-1-12(2-4-14)11-18-17(24)21-9-6-13(7-10-21)15-5-8-19-20-15/h1-5,8,13H,6-7,9-11H2,(H,18,24)(H,19,20)(H,22,23). The molecule has 0 aliphatic carbocycles. The van der Waals surface area contributed by atoms with E-state index in [4.69, 9.17) is 5.11 Å². The number of carboxylic acid groups (broad SMARTS) is 1. The first-order valence-electron chi connectivity index (χ1n) is 7.98. The Bertz CT molecular complexity index is 689. The fourth-order valence-corrected chi connectivity index (χ4v) is 2.94. The number of piperidine rings is 1. The van der Waals surface area contributed by atoms with E-state index in [-0.39, 0.29) is 11.6 Å². The third kappa shape index (κ3) is 3.73. The van der Waals surface area contributed by atoms with Gasteiger partial charge in [-0.2, -0.15) is 5.10 Å². The quantitative estimate of drug-likeness (QED) is 0.801. The molecule has 3 N–H and O–H groups in total. The molecule has 1 aliphatic heterocycles. The Hall–Kier alpha value is -2.83. The minimum atomic E-state index is -0.953. The van der Waals surface area contributed by atoms with E-state index in [1.165, 1.54) is 0 Å². The number of aromatic carboxylic acids is 1. The number of aromatic amines is 1. The van der Waals surface area contributed by atoms with E-state index in [2.05, 4.69) is 15.5 Å². The van der Waals surface area contributed by atoms with E-state index in [0.29, 0.717) is 25.6 Å². The van der Waals surface area contributed by atoms with E-state index in [1.54, 1.807) is 30.5 Å². The highest BCUT2D eigenvalue weighted by Crippen LogP contribution is 2.26. The monoisotopic (exact) mass is 328 g/mol. The molecule has 1 fully saturated rings. The topological polar surface area (TPSA) is 98.3 Å². The highest BCUT2D eigenvalue weighted by molar-refractivity contribution is 5.87. The second-order valence-corrected chi connectivity index (χ2v) is 5.93. The first-order valence-corrected chi connectivity index (χ1v) is 7.98. The maximum absolute atomic E-state index is 12.2. The Labute approximate surface area is 139 Å². The summed E-state index contributed by atoms with van der Waals surface area (Å²) in [5, 5.41) is 18.7. The molecule has 0 unspecified atom stereocenters. The summed E-state index contributed by atoms with van der Waals surface area (Å²) >= 11 is 0. The highest BCUT2D eigenvalue weighted by Gasteiger charge is 2.24. The Morgan fingerprint density at radius 2 is 1.92 bits per heavy atom. The lowest BCUT2D eigenvalue weighted by Gasteiger charge is -2.31. The van der Waals surface area contributed by atoms with Gasteiger partial charge < -0.3 is 15.3 Å². The number of nitrogens with zero attached hydrogens (tertiary/aromatic N) is 2. The van der Waals surface area contributed by atoms with Gasteiger partial charge in [0.2, 0.25) is 0 Å². The zero-order valence-electron chi connectivity index (χ0n) is 13.2. The van der Waals surface area contributed by atoms with Crippen molar-refractivity contribution in [3.8, 4) is 0 Å². The first kappa shape index (κ1) is 16.0. The number of carbonyl (C=O) groups is 2. The molecule has 126 valence electrons. The molecule has 7 heteroatoms. The average Bonchev–Trinajstić information content (AvgIpc) is 3.15. The van der Waals surface area contributed by atoms with Gasteiger partial charge in [0.15, 0.2) is 0 Å². The van der Waals surface area contributed by atoms with Crippen LogP contribution >= 0.6 is 0 Å². The molecule has 0 saturated carbocycles. The molecule has 24 heavy (non-hydrogen) atoms. The van der Waals surface area contributed by atoms with Gasteiger partial charge in [-0.3, -0.25) is 5.10 Å². The maximum Gasteiger partial charge on any atom is 0.335 e. The summed E-state index contributed by atoms with van der Waals surface area (Å²) in [5.74, 6) is -0.522. The summed E-state index contributed by atoms with van der Waals surface area (Å²) in [6, 6.07) is 8.42. The molecule has 0 spiro atoms. The summed E-state index contributed by atoms with van der Waals surface area (Å²) in [5.41, 5.74) is 2.25. The van der Waals surface area contributed by atoms with Crippen LogP contribution in [0.5, 0.6) is 0 Å². The Morgan fingerprint density at radius 3 is 2.50 bits per heavy atom. The Morgan fingerprint density at radius 1 is 1.21 bits per heavy atom. The average molecular weight is 328 g/mol. The van der Waals surface area contributed by atoms with Crippen molar-refractivity contribution in [2.45, 2.75) is 25.3 Å². The molecule has 2 heterocycles. The van der Waals surface area contributed by atoms with Crippen LogP contribution in [-0.4, -0.2) is 45.3 Å². The molecule has 0 bridgehead atoms. The number of urea groups is 1. The van der Waals surface area contributed by atoms with Crippen molar-refractivity contribution in [3.63, 3.8) is 0 Å². The third-order valence-electron chi connectivity index (χ3n) is 4.39. The van der Waals surface area contributed by atoms with Crippen molar-refractivity contribution in [2.75, 3.05) is 13.1 Å². The minimum Gasteiger partial charge on any atom is -0.478 e. The smallest absolute Gasteiger partial charge is 0.335 e. The van der Waals surface area contributed by atoms with Crippen molar-refractivity contribution in [2.24, 2.45) is 0 Å². The van der Waals surface area contributed by atoms with Crippen LogP contribution in [0.3, 0.4) is 0 Å². The van der Waals surface area contributed by atoms with Crippen molar-refractivity contribution in [1.82, 2.24) is 20.4 Å². The molecular formula is C17H20N4O3. The van der Waals surface area contributed by atoms with Gasteiger partial charge in [-0.1, -0.05) is 12.1 Å². The van der Waals surface area contributed by atoms with Crippen LogP contribution in [0, 0.1) is 0 Å². The minimum absolute atomic E-state index is 0.0830. The second-order valence-electron chi connectivity index (χ2n) is 5.93. The fraction of sp³-hybridized carbons (Fsp3) is 0.353. The number of nitrogens with one attached hydrogen (secondary N) is 2. The predicted octanol–water partition coefficient (Wildman–Crippen LogP) is 2.20. The number of benzene rings is 1. The maximum atomic E-state index is 12.2. The number of hydrogen-bond acceptors (Lipinski definition) is 3. The Kier molecular flexibility index (Phi) is 4.79. The molecule has 1 aliphatic rings. The van der Waals surface area contributed by atoms with Crippen LogP contribution in [-0.2, 0) is 6.54 Å². The van der Waals surface area contributed by atoms with E-state index in [0.717, 1.165) is 24.1 Å². The summed E-state index contributed by atoms with van der Waals surface area (Å²) in [6.07, 6.45) is 3.59. The van der Waals surface area contributed by atoms with Gasteiger partial charge in [-0.05, 0) is 36.6 Å². The molecule has 2 amide bonds.